The maximum absolute atomic E-state index is 5.57. The van der Waals surface area contributed by atoms with Crippen LogP contribution in [0.25, 0.3) is 0 Å². The summed E-state index contributed by atoms with van der Waals surface area (Å²) in [6.07, 6.45) is 2.31. The Bertz CT molecular complexity index is 433. The highest BCUT2D eigenvalue weighted by Gasteiger charge is 2.33. The zero-order valence-corrected chi connectivity index (χ0v) is 14.8. The highest BCUT2D eigenvalue weighted by molar-refractivity contribution is 9.10. The molecule has 1 heterocycles. The van der Waals surface area contributed by atoms with E-state index in [0.717, 1.165) is 56.7 Å². The van der Waals surface area contributed by atoms with Gasteiger partial charge in [0.2, 0.25) is 0 Å². The molecule has 0 spiro atoms. The molecule has 0 amide bonds. The van der Waals surface area contributed by atoms with Gasteiger partial charge in [0, 0.05) is 37.3 Å². The summed E-state index contributed by atoms with van der Waals surface area (Å²) in [5.41, 5.74) is 1.72. The zero-order valence-electron chi connectivity index (χ0n) is 13.2. The molecule has 0 atom stereocenters. The molecule has 21 heavy (non-hydrogen) atoms. The van der Waals surface area contributed by atoms with Crippen LogP contribution in [0.3, 0.4) is 0 Å². The SMILES string of the molecule is CCNCC1(CN(C)Cc2cccc(Br)c2)CCOCC1. The largest absolute Gasteiger partial charge is 0.381 e. The third-order valence-corrected chi connectivity index (χ3v) is 4.74. The van der Waals surface area contributed by atoms with Crippen molar-refractivity contribution in [1.82, 2.24) is 10.2 Å². The summed E-state index contributed by atoms with van der Waals surface area (Å²) in [6.45, 7) is 8.22. The van der Waals surface area contributed by atoms with Gasteiger partial charge in [-0.3, -0.25) is 0 Å². The van der Waals surface area contributed by atoms with Crippen molar-refractivity contribution in [2.75, 3.05) is 39.9 Å². The van der Waals surface area contributed by atoms with Gasteiger partial charge in [-0.15, -0.1) is 0 Å². The number of halogens is 1. The molecule has 2 rings (SSSR count). The topological polar surface area (TPSA) is 24.5 Å². The molecule has 1 aliphatic heterocycles. The first-order valence-electron chi connectivity index (χ1n) is 7.85. The first-order valence-corrected chi connectivity index (χ1v) is 8.64. The first kappa shape index (κ1) is 16.9. The van der Waals surface area contributed by atoms with Crippen LogP contribution in [0.4, 0.5) is 0 Å². The second-order valence-corrected chi connectivity index (χ2v) is 7.11. The Morgan fingerprint density at radius 3 is 2.76 bits per heavy atom. The minimum absolute atomic E-state index is 0.356. The minimum Gasteiger partial charge on any atom is -0.381 e. The van der Waals surface area contributed by atoms with E-state index in [1.807, 2.05) is 0 Å². The van der Waals surface area contributed by atoms with Gasteiger partial charge < -0.3 is 15.0 Å². The molecule has 1 fully saturated rings. The maximum Gasteiger partial charge on any atom is 0.0472 e. The van der Waals surface area contributed by atoms with Gasteiger partial charge in [0.25, 0.3) is 0 Å². The summed E-state index contributed by atoms with van der Waals surface area (Å²) in [6, 6.07) is 8.59. The van der Waals surface area contributed by atoms with E-state index in [2.05, 4.69) is 64.4 Å². The maximum atomic E-state index is 5.57. The van der Waals surface area contributed by atoms with Gasteiger partial charge in [-0.25, -0.2) is 0 Å². The van der Waals surface area contributed by atoms with Crippen LogP contribution < -0.4 is 5.32 Å². The van der Waals surface area contributed by atoms with Crippen LogP contribution in [0, 0.1) is 5.41 Å². The lowest BCUT2D eigenvalue weighted by molar-refractivity contribution is -0.00139. The number of nitrogens with one attached hydrogen (secondary N) is 1. The van der Waals surface area contributed by atoms with Gasteiger partial charge in [-0.1, -0.05) is 35.0 Å². The molecule has 1 aromatic rings. The molecule has 1 aliphatic rings. The Morgan fingerprint density at radius 2 is 2.10 bits per heavy atom. The van der Waals surface area contributed by atoms with Crippen LogP contribution in [0.15, 0.2) is 28.7 Å². The van der Waals surface area contributed by atoms with E-state index >= 15 is 0 Å². The molecule has 0 radical (unpaired) electrons. The van der Waals surface area contributed by atoms with Crippen LogP contribution in [-0.2, 0) is 11.3 Å². The number of hydrogen-bond acceptors (Lipinski definition) is 3. The van der Waals surface area contributed by atoms with Crippen molar-refractivity contribution >= 4 is 15.9 Å². The van der Waals surface area contributed by atoms with Crippen molar-refractivity contribution in [3.63, 3.8) is 0 Å². The number of hydrogen-bond donors (Lipinski definition) is 1. The molecule has 4 heteroatoms. The monoisotopic (exact) mass is 354 g/mol. The molecular formula is C17H27BrN2O. The summed E-state index contributed by atoms with van der Waals surface area (Å²) in [5.74, 6) is 0. The minimum atomic E-state index is 0.356. The Kier molecular flexibility index (Phi) is 6.68. The van der Waals surface area contributed by atoms with E-state index in [0.29, 0.717) is 5.41 Å². The molecule has 0 aliphatic carbocycles. The van der Waals surface area contributed by atoms with Crippen molar-refractivity contribution in [3.05, 3.63) is 34.3 Å². The molecule has 1 saturated heterocycles. The fourth-order valence-electron chi connectivity index (χ4n) is 3.16. The van der Waals surface area contributed by atoms with Gasteiger partial charge in [0.15, 0.2) is 0 Å². The molecule has 0 bridgehead atoms. The van der Waals surface area contributed by atoms with Gasteiger partial charge in [0.1, 0.15) is 0 Å². The lowest BCUT2D eigenvalue weighted by Gasteiger charge is -2.40. The second kappa shape index (κ2) is 8.28. The fraction of sp³-hybridized carbons (Fsp3) is 0.647. The van der Waals surface area contributed by atoms with Gasteiger partial charge >= 0.3 is 0 Å². The average Bonchev–Trinajstić information content (AvgIpc) is 2.46. The molecular weight excluding hydrogens is 328 g/mol. The molecule has 1 aromatic carbocycles. The zero-order chi connectivity index (χ0) is 15.1. The van der Waals surface area contributed by atoms with Crippen molar-refractivity contribution in [2.45, 2.75) is 26.3 Å². The Labute approximate surface area is 137 Å². The second-order valence-electron chi connectivity index (χ2n) is 6.19. The number of nitrogens with zero attached hydrogens (tertiary/aromatic N) is 1. The summed E-state index contributed by atoms with van der Waals surface area (Å²) >= 11 is 3.55. The first-order chi connectivity index (χ1) is 10.1. The summed E-state index contributed by atoms with van der Waals surface area (Å²) < 4.78 is 6.72. The summed E-state index contributed by atoms with van der Waals surface area (Å²) in [7, 11) is 2.23. The normalized spacial score (nSPS) is 18.1. The average molecular weight is 355 g/mol. The van der Waals surface area contributed by atoms with Gasteiger partial charge in [-0.2, -0.15) is 0 Å². The number of rotatable bonds is 7. The molecule has 118 valence electrons. The predicted octanol–water partition coefficient (Wildman–Crippen LogP) is 3.29. The third-order valence-electron chi connectivity index (χ3n) is 4.25. The van der Waals surface area contributed by atoms with E-state index in [-0.39, 0.29) is 0 Å². The van der Waals surface area contributed by atoms with E-state index in [9.17, 15) is 0 Å². The quantitative estimate of drug-likeness (QED) is 0.812. The lowest BCUT2D eigenvalue weighted by Crippen LogP contribution is -2.46. The standard InChI is InChI=1S/C17H27BrN2O/c1-3-19-13-17(7-9-21-10-8-17)14-20(2)12-15-5-4-6-16(18)11-15/h4-6,11,19H,3,7-10,12-14H2,1-2H3. The van der Waals surface area contributed by atoms with Gasteiger partial charge in [0.05, 0.1) is 0 Å². The van der Waals surface area contributed by atoms with E-state index < -0.39 is 0 Å². The molecule has 3 nitrogen and oxygen atoms in total. The Balaban J connectivity index is 1.95. The van der Waals surface area contributed by atoms with E-state index in [1.54, 1.807) is 0 Å². The van der Waals surface area contributed by atoms with E-state index in [4.69, 9.17) is 4.74 Å². The van der Waals surface area contributed by atoms with Crippen LogP contribution in [0.2, 0.25) is 0 Å². The van der Waals surface area contributed by atoms with Gasteiger partial charge in [-0.05, 0) is 49.5 Å². The third kappa shape index (κ3) is 5.37. The highest BCUT2D eigenvalue weighted by atomic mass is 79.9. The Morgan fingerprint density at radius 1 is 1.33 bits per heavy atom. The van der Waals surface area contributed by atoms with Crippen molar-refractivity contribution in [2.24, 2.45) is 5.41 Å². The fourth-order valence-corrected chi connectivity index (χ4v) is 3.61. The van der Waals surface area contributed by atoms with Crippen LogP contribution >= 0.6 is 15.9 Å². The Hall–Kier alpha value is -0.420. The molecule has 1 N–H and O–H groups in total. The van der Waals surface area contributed by atoms with Crippen LogP contribution in [0.1, 0.15) is 25.3 Å². The van der Waals surface area contributed by atoms with Crippen LogP contribution in [-0.4, -0.2) is 44.8 Å². The number of benzene rings is 1. The van der Waals surface area contributed by atoms with Crippen molar-refractivity contribution in [1.29, 1.82) is 0 Å². The van der Waals surface area contributed by atoms with Crippen molar-refractivity contribution < 1.29 is 4.74 Å². The predicted molar refractivity (Wildman–Crippen MR) is 91.5 cm³/mol. The molecule has 0 saturated carbocycles. The molecule has 0 aromatic heterocycles. The molecule has 0 unspecified atom stereocenters. The summed E-state index contributed by atoms with van der Waals surface area (Å²) in [4.78, 5) is 2.45. The smallest absolute Gasteiger partial charge is 0.0472 e. The van der Waals surface area contributed by atoms with Crippen molar-refractivity contribution in [3.8, 4) is 0 Å². The lowest BCUT2D eigenvalue weighted by atomic mass is 9.79. The number of ether oxygens (including phenoxy) is 1. The van der Waals surface area contributed by atoms with Crippen LogP contribution in [0.5, 0.6) is 0 Å². The summed E-state index contributed by atoms with van der Waals surface area (Å²) in [5, 5.41) is 3.55. The van der Waals surface area contributed by atoms with E-state index in [1.165, 1.54) is 5.56 Å². The highest BCUT2D eigenvalue weighted by Crippen LogP contribution is 2.31.